The van der Waals surface area contributed by atoms with Crippen molar-refractivity contribution in [2.24, 2.45) is 0 Å². The van der Waals surface area contributed by atoms with Gasteiger partial charge in [-0.25, -0.2) is 0 Å². The molecule has 3 rings (SSSR count). The molecule has 3 aromatic rings. The molecular weight excluding hydrogens is 523 g/mol. The Morgan fingerprint density at radius 1 is 1.06 bits per heavy atom. The SMILES string of the molecule is CCP(=O)(CC)c1ccc(NCC#Cc2sc3c(C)cccc3c2CC(F)(F)F)c(OC(F)(F)F)c1. The highest BCUT2D eigenvalue weighted by molar-refractivity contribution is 7.71. The molecule has 0 amide bonds. The van der Waals surface area contributed by atoms with Gasteiger partial charge in [0, 0.05) is 22.3 Å². The molecule has 0 bridgehead atoms. The molecule has 0 aliphatic rings. The van der Waals surface area contributed by atoms with Crippen LogP contribution in [0.25, 0.3) is 10.1 Å². The summed E-state index contributed by atoms with van der Waals surface area (Å²) < 4.78 is 96.4. The fourth-order valence-electron chi connectivity index (χ4n) is 3.76. The average molecular weight is 548 g/mol. The van der Waals surface area contributed by atoms with Gasteiger partial charge in [0.1, 0.15) is 7.14 Å². The van der Waals surface area contributed by atoms with E-state index in [0.717, 1.165) is 23.0 Å². The quantitative estimate of drug-likeness (QED) is 0.187. The Labute approximate surface area is 209 Å². The van der Waals surface area contributed by atoms with Gasteiger partial charge in [-0.05, 0) is 41.6 Å². The molecule has 194 valence electrons. The number of rotatable bonds is 7. The summed E-state index contributed by atoms with van der Waals surface area (Å²) in [6, 6.07) is 9.06. The van der Waals surface area contributed by atoms with E-state index in [4.69, 9.17) is 0 Å². The van der Waals surface area contributed by atoms with Crippen molar-refractivity contribution >= 4 is 39.6 Å². The second kappa shape index (κ2) is 10.8. The van der Waals surface area contributed by atoms with E-state index in [1.165, 1.54) is 12.1 Å². The van der Waals surface area contributed by atoms with Gasteiger partial charge in [0.25, 0.3) is 0 Å². The van der Waals surface area contributed by atoms with E-state index in [2.05, 4.69) is 21.9 Å². The molecule has 1 N–H and O–H groups in total. The number of fused-ring (bicyclic) bond motifs is 1. The zero-order valence-corrected chi connectivity index (χ0v) is 21.4. The third-order valence-corrected chi connectivity index (χ3v) is 10.2. The summed E-state index contributed by atoms with van der Waals surface area (Å²) in [7, 11) is -2.85. The molecule has 3 nitrogen and oxygen atoms in total. The lowest BCUT2D eigenvalue weighted by Gasteiger charge is -2.19. The lowest BCUT2D eigenvalue weighted by Crippen LogP contribution is -2.20. The number of anilines is 1. The summed E-state index contributed by atoms with van der Waals surface area (Å²) in [5.74, 6) is 4.90. The van der Waals surface area contributed by atoms with Crippen molar-refractivity contribution in [3.63, 3.8) is 0 Å². The van der Waals surface area contributed by atoms with Gasteiger partial charge in [0.15, 0.2) is 5.75 Å². The summed E-state index contributed by atoms with van der Waals surface area (Å²) in [5.41, 5.74) is 0.892. The van der Waals surface area contributed by atoms with Gasteiger partial charge in [-0.15, -0.1) is 24.5 Å². The Morgan fingerprint density at radius 2 is 1.75 bits per heavy atom. The molecule has 0 radical (unpaired) electrons. The van der Waals surface area contributed by atoms with Crippen molar-refractivity contribution in [3.05, 3.63) is 52.4 Å². The molecule has 0 saturated carbocycles. The smallest absolute Gasteiger partial charge is 0.404 e. The zero-order chi connectivity index (χ0) is 26.7. The van der Waals surface area contributed by atoms with E-state index >= 15 is 0 Å². The van der Waals surface area contributed by atoms with Crippen molar-refractivity contribution in [1.82, 2.24) is 0 Å². The van der Waals surface area contributed by atoms with Crippen LogP contribution in [0, 0.1) is 18.8 Å². The molecule has 0 aliphatic carbocycles. The van der Waals surface area contributed by atoms with Crippen LogP contribution in [0.3, 0.4) is 0 Å². The second-order valence-corrected chi connectivity index (χ2v) is 12.6. The molecule has 0 saturated heterocycles. The van der Waals surface area contributed by atoms with Crippen LogP contribution in [-0.4, -0.2) is 31.4 Å². The van der Waals surface area contributed by atoms with Gasteiger partial charge in [-0.2, -0.15) is 13.2 Å². The fourth-order valence-corrected chi connectivity index (χ4v) is 6.80. The third-order valence-electron chi connectivity index (χ3n) is 5.64. The number of hydrogen-bond acceptors (Lipinski definition) is 4. The highest BCUT2D eigenvalue weighted by atomic mass is 32.1. The normalized spacial score (nSPS) is 12.4. The Kier molecular flexibility index (Phi) is 8.37. The van der Waals surface area contributed by atoms with Crippen LogP contribution in [0.5, 0.6) is 5.75 Å². The van der Waals surface area contributed by atoms with E-state index in [1.54, 1.807) is 39.0 Å². The second-order valence-electron chi connectivity index (χ2n) is 8.06. The predicted octanol–water partition coefficient (Wildman–Crippen LogP) is 7.70. The molecule has 0 spiro atoms. The van der Waals surface area contributed by atoms with Gasteiger partial charge in [0.2, 0.25) is 0 Å². The molecule has 2 aromatic carbocycles. The van der Waals surface area contributed by atoms with Crippen LogP contribution < -0.4 is 15.4 Å². The van der Waals surface area contributed by atoms with Crippen molar-refractivity contribution in [2.75, 3.05) is 24.2 Å². The minimum atomic E-state index is -4.97. The minimum Gasteiger partial charge on any atom is -0.404 e. The maximum atomic E-state index is 13.2. The van der Waals surface area contributed by atoms with Crippen molar-refractivity contribution in [1.29, 1.82) is 0 Å². The Balaban J connectivity index is 1.91. The average Bonchev–Trinajstić information content (AvgIpc) is 3.13. The highest BCUT2D eigenvalue weighted by Crippen LogP contribution is 2.45. The molecule has 0 fully saturated rings. The van der Waals surface area contributed by atoms with E-state index in [-0.39, 0.29) is 28.0 Å². The molecule has 0 aliphatic heterocycles. The summed E-state index contributed by atoms with van der Waals surface area (Å²) in [4.78, 5) is 0.257. The van der Waals surface area contributed by atoms with Crippen LogP contribution in [0.2, 0.25) is 0 Å². The number of benzene rings is 2. The first kappa shape index (κ1) is 27.9. The zero-order valence-electron chi connectivity index (χ0n) is 19.7. The maximum absolute atomic E-state index is 13.2. The molecule has 11 heteroatoms. The van der Waals surface area contributed by atoms with Crippen LogP contribution in [0.1, 0.15) is 29.9 Å². The van der Waals surface area contributed by atoms with E-state index in [9.17, 15) is 30.9 Å². The summed E-state index contributed by atoms with van der Waals surface area (Å²) in [5, 5.41) is 3.49. The van der Waals surface area contributed by atoms with Crippen LogP contribution in [0.15, 0.2) is 36.4 Å². The van der Waals surface area contributed by atoms with Crippen LogP contribution in [-0.2, 0) is 11.0 Å². The summed E-state index contributed by atoms with van der Waals surface area (Å²) in [6.45, 7) is 5.07. The molecule has 0 atom stereocenters. The van der Waals surface area contributed by atoms with E-state index < -0.39 is 31.9 Å². The lowest BCUT2D eigenvalue weighted by atomic mass is 10.1. The molecule has 1 aromatic heterocycles. The number of hydrogen-bond donors (Lipinski definition) is 1. The van der Waals surface area contributed by atoms with Gasteiger partial charge >= 0.3 is 12.5 Å². The number of alkyl halides is 6. The summed E-state index contributed by atoms with van der Waals surface area (Å²) >= 11 is 1.15. The Bertz CT molecular complexity index is 1340. The van der Waals surface area contributed by atoms with E-state index in [1.807, 2.05) is 0 Å². The topological polar surface area (TPSA) is 38.3 Å². The molecular formula is C25H24F6NO2PS. The first-order valence-corrected chi connectivity index (χ1v) is 13.9. The van der Waals surface area contributed by atoms with Gasteiger partial charge in [0.05, 0.1) is 23.5 Å². The number of ether oxygens (including phenoxy) is 1. The van der Waals surface area contributed by atoms with Gasteiger partial charge in [-0.1, -0.05) is 43.9 Å². The third kappa shape index (κ3) is 6.77. The fraction of sp³-hybridized carbons (Fsp3) is 0.360. The number of nitrogens with one attached hydrogen (secondary N) is 1. The Morgan fingerprint density at radius 3 is 2.36 bits per heavy atom. The molecule has 0 unspecified atom stereocenters. The number of halogens is 6. The first-order chi connectivity index (χ1) is 16.8. The molecule has 36 heavy (non-hydrogen) atoms. The van der Waals surface area contributed by atoms with Crippen LogP contribution in [0.4, 0.5) is 32.0 Å². The largest absolute Gasteiger partial charge is 0.573 e. The van der Waals surface area contributed by atoms with Crippen molar-refractivity contribution < 1.29 is 35.6 Å². The van der Waals surface area contributed by atoms with E-state index in [0.29, 0.717) is 22.4 Å². The van der Waals surface area contributed by atoms with Gasteiger partial charge in [-0.3, -0.25) is 0 Å². The highest BCUT2D eigenvalue weighted by Gasteiger charge is 2.33. The summed E-state index contributed by atoms with van der Waals surface area (Å²) in [6.07, 6.45) is -9.93. The van der Waals surface area contributed by atoms with Gasteiger partial charge < -0.3 is 14.6 Å². The minimum absolute atomic E-state index is 0.0215. The monoisotopic (exact) mass is 547 g/mol. The molecule has 1 heterocycles. The van der Waals surface area contributed by atoms with Crippen molar-refractivity contribution in [3.8, 4) is 17.6 Å². The van der Waals surface area contributed by atoms with Crippen molar-refractivity contribution in [2.45, 2.75) is 39.7 Å². The number of thiophene rings is 1. The Hall–Kier alpha value is -2.63. The maximum Gasteiger partial charge on any atom is 0.573 e. The van der Waals surface area contributed by atoms with Crippen LogP contribution >= 0.6 is 18.5 Å². The first-order valence-electron chi connectivity index (χ1n) is 11.0. The standard InChI is InChI=1S/C25H24F6NO2PS/c1-4-35(33,5-2)17-11-12-20(21(14-17)34-25(29,30)31)32-13-7-10-22-19(15-24(26,27)28)18-9-6-8-16(3)23(18)36-22/h6,8-9,11-12,14,32H,4-5,13,15H2,1-3H3. The number of aryl methyl sites for hydroxylation is 1. The lowest BCUT2D eigenvalue weighted by molar-refractivity contribution is -0.274. The predicted molar refractivity (Wildman–Crippen MR) is 133 cm³/mol.